The van der Waals surface area contributed by atoms with E-state index in [0.29, 0.717) is 5.92 Å². The maximum absolute atomic E-state index is 5.92. The van der Waals surface area contributed by atoms with E-state index in [4.69, 9.17) is 12.2 Å². The van der Waals surface area contributed by atoms with Gasteiger partial charge in [-0.25, -0.2) is 0 Å². The first-order valence-electron chi connectivity index (χ1n) is 12.9. The summed E-state index contributed by atoms with van der Waals surface area (Å²) in [5, 5.41) is 16.7. The molecule has 1 aliphatic heterocycles. The third-order valence-electron chi connectivity index (χ3n) is 7.25. The molecular weight excluding hydrogens is 490 g/mol. The SMILES string of the molecule is CC(C)C1CN(c2ccc(-c3cncc4ccccc34)nn2)CCN1C(=S)Nc1cccc2ncccc12. The molecule has 2 aromatic carbocycles. The number of aromatic nitrogens is 4. The van der Waals surface area contributed by atoms with Gasteiger partial charge in [-0.2, -0.15) is 0 Å². The lowest BCUT2D eigenvalue weighted by Gasteiger charge is -2.45. The number of piperazine rings is 1. The summed E-state index contributed by atoms with van der Waals surface area (Å²) in [7, 11) is 0. The summed E-state index contributed by atoms with van der Waals surface area (Å²) in [4.78, 5) is 13.5. The summed E-state index contributed by atoms with van der Waals surface area (Å²) in [5.74, 6) is 1.28. The van der Waals surface area contributed by atoms with Crippen LogP contribution in [0.5, 0.6) is 0 Å². The molecule has 0 spiro atoms. The molecule has 1 atom stereocenters. The van der Waals surface area contributed by atoms with Crippen LogP contribution >= 0.6 is 12.2 Å². The summed E-state index contributed by atoms with van der Waals surface area (Å²) in [6.07, 6.45) is 5.55. The van der Waals surface area contributed by atoms with Gasteiger partial charge in [0.25, 0.3) is 0 Å². The highest BCUT2D eigenvalue weighted by atomic mass is 32.1. The first-order chi connectivity index (χ1) is 18.6. The number of fused-ring (bicyclic) bond motifs is 2. The maximum Gasteiger partial charge on any atom is 0.173 e. The Morgan fingerprint density at radius 3 is 2.63 bits per heavy atom. The van der Waals surface area contributed by atoms with E-state index in [1.54, 1.807) is 0 Å². The van der Waals surface area contributed by atoms with Crippen LogP contribution in [0.1, 0.15) is 13.8 Å². The summed E-state index contributed by atoms with van der Waals surface area (Å²) >= 11 is 5.92. The van der Waals surface area contributed by atoms with Gasteiger partial charge < -0.3 is 15.1 Å². The largest absolute Gasteiger partial charge is 0.351 e. The molecule has 5 aromatic rings. The Morgan fingerprint density at radius 2 is 1.79 bits per heavy atom. The molecule has 190 valence electrons. The molecule has 4 heterocycles. The summed E-state index contributed by atoms with van der Waals surface area (Å²) < 4.78 is 0. The van der Waals surface area contributed by atoms with E-state index in [2.05, 4.69) is 79.5 Å². The molecular formula is C30H29N7S. The van der Waals surface area contributed by atoms with Crippen molar-refractivity contribution in [3.8, 4) is 11.3 Å². The molecule has 8 heteroatoms. The van der Waals surface area contributed by atoms with Gasteiger partial charge in [0.1, 0.15) is 0 Å². The van der Waals surface area contributed by atoms with Crippen molar-refractivity contribution >= 4 is 50.5 Å². The van der Waals surface area contributed by atoms with Crippen LogP contribution < -0.4 is 10.2 Å². The van der Waals surface area contributed by atoms with Crippen LogP contribution in [-0.4, -0.2) is 55.9 Å². The van der Waals surface area contributed by atoms with E-state index in [9.17, 15) is 0 Å². The maximum atomic E-state index is 5.92. The van der Waals surface area contributed by atoms with E-state index < -0.39 is 0 Å². The fourth-order valence-electron chi connectivity index (χ4n) is 5.20. The zero-order chi connectivity index (χ0) is 26.1. The van der Waals surface area contributed by atoms with Crippen molar-refractivity contribution in [2.75, 3.05) is 29.9 Å². The minimum Gasteiger partial charge on any atom is -0.351 e. The molecule has 1 N–H and O–H groups in total. The normalized spacial score (nSPS) is 15.8. The lowest BCUT2D eigenvalue weighted by atomic mass is 10.00. The molecule has 6 rings (SSSR count). The smallest absolute Gasteiger partial charge is 0.173 e. The predicted octanol–water partition coefficient (Wildman–Crippen LogP) is 5.78. The van der Waals surface area contributed by atoms with Crippen molar-refractivity contribution in [1.29, 1.82) is 0 Å². The number of hydrogen-bond donors (Lipinski definition) is 1. The van der Waals surface area contributed by atoms with Gasteiger partial charge in [-0.05, 0) is 59.9 Å². The molecule has 3 aromatic heterocycles. The Kier molecular flexibility index (Phi) is 6.55. The van der Waals surface area contributed by atoms with Gasteiger partial charge in [-0.15, -0.1) is 10.2 Å². The molecule has 0 bridgehead atoms. The van der Waals surface area contributed by atoms with E-state index in [1.807, 2.05) is 55.0 Å². The highest BCUT2D eigenvalue weighted by Crippen LogP contribution is 2.28. The number of rotatable bonds is 4. The lowest BCUT2D eigenvalue weighted by Crippen LogP contribution is -2.58. The molecule has 0 amide bonds. The second-order valence-corrected chi connectivity index (χ2v) is 10.3. The molecule has 1 fully saturated rings. The minimum atomic E-state index is 0.237. The number of nitrogens with one attached hydrogen (secondary N) is 1. The van der Waals surface area contributed by atoms with Crippen LogP contribution in [0.25, 0.3) is 32.9 Å². The molecule has 38 heavy (non-hydrogen) atoms. The Labute approximate surface area is 227 Å². The van der Waals surface area contributed by atoms with Crippen LogP contribution in [0.3, 0.4) is 0 Å². The second kappa shape index (κ2) is 10.3. The Bertz CT molecular complexity index is 1590. The fourth-order valence-corrected chi connectivity index (χ4v) is 5.54. The van der Waals surface area contributed by atoms with Crippen LogP contribution in [0.4, 0.5) is 11.5 Å². The third-order valence-corrected chi connectivity index (χ3v) is 7.59. The van der Waals surface area contributed by atoms with Crippen LogP contribution in [0, 0.1) is 5.92 Å². The Hall–Kier alpha value is -4.17. The molecule has 1 unspecified atom stereocenters. The highest BCUT2D eigenvalue weighted by molar-refractivity contribution is 7.80. The van der Waals surface area contributed by atoms with Crippen molar-refractivity contribution in [1.82, 2.24) is 25.1 Å². The third kappa shape index (κ3) is 4.63. The van der Waals surface area contributed by atoms with E-state index in [1.165, 1.54) is 0 Å². The zero-order valence-corrected chi connectivity index (χ0v) is 22.3. The number of benzene rings is 2. The molecule has 1 saturated heterocycles. The van der Waals surface area contributed by atoms with Crippen molar-refractivity contribution in [3.63, 3.8) is 0 Å². The van der Waals surface area contributed by atoms with Crippen molar-refractivity contribution in [3.05, 3.63) is 85.3 Å². The lowest BCUT2D eigenvalue weighted by molar-refractivity contribution is 0.227. The number of pyridine rings is 2. The van der Waals surface area contributed by atoms with Gasteiger partial charge in [0, 0.05) is 60.2 Å². The first-order valence-corrected chi connectivity index (χ1v) is 13.3. The van der Waals surface area contributed by atoms with E-state index in [0.717, 1.165) is 69.2 Å². The van der Waals surface area contributed by atoms with Gasteiger partial charge in [-0.3, -0.25) is 9.97 Å². The standard InChI is InChI=1S/C30H29N7S/c1-20(2)28-19-36(15-16-37(28)30(38)33-26-11-5-10-25-23(26)9-6-14-32-25)29-13-12-27(34-35-29)24-18-31-17-21-7-3-4-8-22(21)24/h3-14,17-18,20,28H,15-16,19H2,1-2H3,(H,33,38). The summed E-state index contributed by atoms with van der Waals surface area (Å²) in [5.41, 5.74) is 3.75. The summed E-state index contributed by atoms with van der Waals surface area (Å²) in [6.45, 7) is 6.92. The fraction of sp³-hybridized carbons (Fsp3) is 0.233. The van der Waals surface area contributed by atoms with Gasteiger partial charge >= 0.3 is 0 Å². The van der Waals surface area contributed by atoms with Crippen molar-refractivity contribution < 1.29 is 0 Å². The Balaban J connectivity index is 1.20. The Morgan fingerprint density at radius 1 is 0.921 bits per heavy atom. The van der Waals surface area contributed by atoms with E-state index >= 15 is 0 Å². The molecule has 7 nitrogen and oxygen atoms in total. The molecule has 0 saturated carbocycles. The number of hydrogen-bond acceptors (Lipinski definition) is 6. The molecule has 1 aliphatic rings. The van der Waals surface area contributed by atoms with Gasteiger partial charge in [0.05, 0.1) is 17.3 Å². The van der Waals surface area contributed by atoms with Gasteiger partial charge in [0.2, 0.25) is 0 Å². The predicted molar refractivity (Wildman–Crippen MR) is 158 cm³/mol. The van der Waals surface area contributed by atoms with Gasteiger partial charge in [0.15, 0.2) is 10.9 Å². The summed E-state index contributed by atoms with van der Waals surface area (Å²) in [6, 6.07) is 22.7. The van der Waals surface area contributed by atoms with Crippen molar-refractivity contribution in [2.24, 2.45) is 5.92 Å². The van der Waals surface area contributed by atoms with Crippen LogP contribution in [-0.2, 0) is 0 Å². The monoisotopic (exact) mass is 519 g/mol. The topological polar surface area (TPSA) is 70.1 Å². The number of anilines is 2. The van der Waals surface area contributed by atoms with Crippen LogP contribution in [0.15, 0.2) is 85.3 Å². The van der Waals surface area contributed by atoms with Gasteiger partial charge in [-0.1, -0.05) is 44.2 Å². The second-order valence-electron chi connectivity index (χ2n) is 9.94. The molecule has 0 radical (unpaired) electrons. The van der Waals surface area contributed by atoms with Crippen LogP contribution in [0.2, 0.25) is 0 Å². The highest BCUT2D eigenvalue weighted by Gasteiger charge is 2.31. The van der Waals surface area contributed by atoms with E-state index in [-0.39, 0.29) is 6.04 Å². The van der Waals surface area contributed by atoms with Crippen molar-refractivity contribution in [2.45, 2.75) is 19.9 Å². The number of nitrogens with zero attached hydrogens (tertiary/aromatic N) is 6. The zero-order valence-electron chi connectivity index (χ0n) is 21.5. The molecule has 0 aliphatic carbocycles. The average Bonchev–Trinajstić information content (AvgIpc) is 2.97. The first kappa shape index (κ1) is 24.2. The average molecular weight is 520 g/mol. The number of thiocarbonyl (C=S) groups is 1. The minimum absolute atomic E-state index is 0.237. The quantitative estimate of drug-likeness (QED) is 0.300.